The average Bonchev–Trinajstić information content (AvgIpc) is 2.16. The summed E-state index contributed by atoms with van der Waals surface area (Å²) in [5.41, 5.74) is -0.832. The van der Waals surface area contributed by atoms with Crippen molar-refractivity contribution in [2.45, 2.75) is 39.7 Å². The van der Waals surface area contributed by atoms with Crippen molar-refractivity contribution in [1.82, 2.24) is 5.32 Å². The number of nitrogens with one attached hydrogen (secondary N) is 1. The molecule has 90 valence electrons. The first-order valence-electron chi connectivity index (χ1n) is 5.48. The van der Waals surface area contributed by atoms with Crippen molar-refractivity contribution in [3.63, 3.8) is 0 Å². The molecule has 0 heterocycles. The molecule has 1 unspecified atom stereocenters. The van der Waals surface area contributed by atoms with Crippen LogP contribution in [0.4, 0.5) is 0 Å². The van der Waals surface area contributed by atoms with E-state index in [0.29, 0.717) is 25.5 Å². The molecule has 0 saturated carbocycles. The van der Waals surface area contributed by atoms with Crippen molar-refractivity contribution >= 4 is 5.97 Å². The number of carboxylic acid groups (broad SMARTS) is 1. The molecule has 0 radical (unpaired) electrons. The van der Waals surface area contributed by atoms with Crippen LogP contribution in [0, 0.1) is 5.92 Å². The summed E-state index contributed by atoms with van der Waals surface area (Å²) >= 11 is 0. The third kappa shape index (κ3) is 5.74. The lowest BCUT2D eigenvalue weighted by atomic mass is 9.99. The van der Waals surface area contributed by atoms with Gasteiger partial charge >= 0.3 is 5.97 Å². The summed E-state index contributed by atoms with van der Waals surface area (Å²) in [5.74, 6) is -0.295. The average molecular weight is 217 g/mol. The van der Waals surface area contributed by atoms with Crippen molar-refractivity contribution in [3.8, 4) is 0 Å². The van der Waals surface area contributed by atoms with E-state index in [1.165, 1.54) is 0 Å². The van der Waals surface area contributed by atoms with Crippen LogP contribution in [0.3, 0.4) is 0 Å². The molecule has 0 aliphatic rings. The van der Waals surface area contributed by atoms with Crippen molar-refractivity contribution < 1.29 is 14.6 Å². The van der Waals surface area contributed by atoms with Gasteiger partial charge in [-0.05, 0) is 19.3 Å². The Labute approximate surface area is 92.0 Å². The molecule has 0 aromatic heterocycles. The molecule has 15 heavy (non-hydrogen) atoms. The number of carboxylic acids is 1. The topological polar surface area (TPSA) is 58.6 Å². The van der Waals surface area contributed by atoms with E-state index >= 15 is 0 Å². The first kappa shape index (κ1) is 14.4. The molecule has 0 aromatic rings. The smallest absolute Gasteiger partial charge is 0.323 e. The van der Waals surface area contributed by atoms with E-state index in [9.17, 15) is 4.79 Å². The monoisotopic (exact) mass is 217 g/mol. The van der Waals surface area contributed by atoms with Gasteiger partial charge in [-0.25, -0.2) is 0 Å². The maximum Gasteiger partial charge on any atom is 0.323 e. The minimum absolute atomic E-state index is 0.516. The lowest BCUT2D eigenvalue weighted by Gasteiger charge is -2.24. The van der Waals surface area contributed by atoms with Crippen molar-refractivity contribution in [3.05, 3.63) is 0 Å². The van der Waals surface area contributed by atoms with E-state index in [2.05, 4.69) is 19.2 Å². The zero-order valence-electron chi connectivity index (χ0n) is 10.2. The molecule has 2 N–H and O–H groups in total. The highest BCUT2D eigenvalue weighted by atomic mass is 16.5. The first-order valence-corrected chi connectivity index (χ1v) is 5.48. The van der Waals surface area contributed by atoms with Gasteiger partial charge in [-0.15, -0.1) is 0 Å². The largest absolute Gasteiger partial charge is 0.480 e. The molecule has 0 bridgehead atoms. The van der Waals surface area contributed by atoms with Crippen LogP contribution in [0.25, 0.3) is 0 Å². The number of ether oxygens (including phenoxy) is 1. The minimum Gasteiger partial charge on any atom is -0.480 e. The Balaban J connectivity index is 3.69. The molecule has 0 amide bonds. The molecule has 0 aromatic carbocycles. The minimum atomic E-state index is -0.832. The van der Waals surface area contributed by atoms with Crippen LogP contribution in [-0.4, -0.2) is 36.4 Å². The number of hydrogen-bond donors (Lipinski definition) is 2. The maximum atomic E-state index is 10.9. The molecule has 0 fully saturated rings. The zero-order chi connectivity index (χ0) is 11.9. The predicted octanol–water partition coefficient (Wildman–Crippen LogP) is 1.50. The van der Waals surface area contributed by atoms with Crippen LogP contribution >= 0.6 is 0 Å². The predicted molar refractivity (Wildman–Crippen MR) is 60.0 cm³/mol. The summed E-state index contributed by atoms with van der Waals surface area (Å²) in [6.45, 7) is 9.57. The fourth-order valence-corrected chi connectivity index (χ4v) is 1.07. The van der Waals surface area contributed by atoms with Gasteiger partial charge in [-0.2, -0.15) is 0 Å². The van der Waals surface area contributed by atoms with Gasteiger partial charge in [0.1, 0.15) is 5.54 Å². The van der Waals surface area contributed by atoms with Gasteiger partial charge in [0, 0.05) is 13.2 Å². The van der Waals surface area contributed by atoms with Crippen LogP contribution in [0.2, 0.25) is 0 Å². The summed E-state index contributed by atoms with van der Waals surface area (Å²) in [7, 11) is 0. The molecule has 1 atom stereocenters. The Morgan fingerprint density at radius 1 is 1.53 bits per heavy atom. The summed E-state index contributed by atoms with van der Waals surface area (Å²) in [6.07, 6.45) is 0.562. The fraction of sp³-hybridized carbons (Fsp3) is 0.909. The van der Waals surface area contributed by atoms with Crippen molar-refractivity contribution in [1.29, 1.82) is 0 Å². The van der Waals surface area contributed by atoms with Crippen molar-refractivity contribution in [2.75, 3.05) is 19.8 Å². The van der Waals surface area contributed by atoms with Gasteiger partial charge in [0.15, 0.2) is 0 Å². The molecule has 0 saturated heterocycles. The Morgan fingerprint density at radius 2 is 2.13 bits per heavy atom. The number of rotatable bonds is 8. The second-order valence-electron chi connectivity index (χ2n) is 4.39. The van der Waals surface area contributed by atoms with E-state index in [1.807, 2.05) is 6.92 Å². The van der Waals surface area contributed by atoms with Crippen LogP contribution < -0.4 is 5.32 Å². The van der Waals surface area contributed by atoms with E-state index < -0.39 is 11.5 Å². The highest BCUT2D eigenvalue weighted by molar-refractivity contribution is 5.78. The lowest BCUT2D eigenvalue weighted by molar-refractivity contribution is -0.144. The molecule has 4 heteroatoms. The second kappa shape index (κ2) is 6.80. The summed E-state index contributed by atoms with van der Waals surface area (Å²) in [4.78, 5) is 10.9. The Bertz CT molecular complexity index is 194. The molecule has 0 aliphatic heterocycles. The summed E-state index contributed by atoms with van der Waals surface area (Å²) in [6, 6.07) is 0. The zero-order valence-corrected chi connectivity index (χ0v) is 10.2. The number of hydrogen-bond acceptors (Lipinski definition) is 3. The molecule has 0 spiro atoms. The third-order valence-corrected chi connectivity index (χ3v) is 2.39. The molecule has 0 aliphatic carbocycles. The Hall–Kier alpha value is -0.610. The van der Waals surface area contributed by atoms with E-state index in [0.717, 1.165) is 6.61 Å². The normalized spacial score (nSPS) is 15.3. The number of aliphatic carboxylic acids is 1. The van der Waals surface area contributed by atoms with Gasteiger partial charge in [0.05, 0.1) is 6.61 Å². The van der Waals surface area contributed by atoms with Gasteiger partial charge in [-0.1, -0.05) is 20.8 Å². The van der Waals surface area contributed by atoms with E-state index in [1.54, 1.807) is 6.92 Å². The highest BCUT2D eigenvalue weighted by Gasteiger charge is 2.29. The van der Waals surface area contributed by atoms with Gasteiger partial charge in [0.25, 0.3) is 0 Å². The van der Waals surface area contributed by atoms with Crippen molar-refractivity contribution in [2.24, 2.45) is 5.92 Å². The van der Waals surface area contributed by atoms with Gasteiger partial charge < -0.3 is 9.84 Å². The Kier molecular flexibility index (Phi) is 6.52. The quantitative estimate of drug-likeness (QED) is 0.605. The fourth-order valence-electron chi connectivity index (χ4n) is 1.07. The van der Waals surface area contributed by atoms with Gasteiger partial charge in [0.2, 0.25) is 0 Å². The maximum absolute atomic E-state index is 10.9. The summed E-state index contributed by atoms with van der Waals surface area (Å²) < 4.78 is 5.36. The molecular formula is C11H23NO3. The standard InChI is InChI=1S/C11H23NO3/c1-5-11(4,10(13)14)12-6-7-15-8-9(2)3/h9,12H,5-8H2,1-4H3,(H,13,14). The highest BCUT2D eigenvalue weighted by Crippen LogP contribution is 2.08. The molecule has 0 rings (SSSR count). The lowest BCUT2D eigenvalue weighted by Crippen LogP contribution is -2.50. The van der Waals surface area contributed by atoms with Gasteiger partial charge in [-0.3, -0.25) is 10.1 Å². The van der Waals surface area contributed by atoms with Crippen LogP contribution in [0.5, 0.6) is 0 Å². The van der Waals surface area contributed by atoms with E-state index in [4.69, 9.17) is 9.84 Å². The van der Waals surface area contributed by atoms with E-state index in [-0.39, 0.29) is 0 Å². The SMILES string of the molecule is CCC(C)(NCCOCC(C)C)C(=O)O. The number of carbonyl (C=O) groups is 1. The molecular weight excluding hydrogens is 194 g/mol. The van der Waals surface area contributed by atoms with Crippen LogP contribution in [0.15, 0.2) is 0 Å². The summed E-state index contributed by atoms with van der Waals surface area (Å²) in [5, 5.41) is 12.0. The molecule has 4 nitrogen and oxygen atoms in total. The Morgan fingerprint density at radius 3 is 2.53 bits per heavy atom. The van der Waals surface area contributed by atoms with Crippen LogP contribution in [0.1, 0.15) is 34.1 Å². The first-order chi connectivity index (χ1) is 6.92. The third-order valence-electron chi connectivity index (χ3n) is 2.39. The second-order valence-corrected chi connectivity index (χ2v) is 4.39. The van der Waals surface area contributed by atoms with Crippen LogP contribution in [-0.2, 0) is 9.53 Å².